The number of amides is 1. The fourth-order valence-electron chi connectivity index (χ4n) is 2.59. The second-order valence-corrected chi connectivity index (χ2v) is 7.73. The summed E-state index contributed by atoms with van der Waals surface area (Å²) in [6.45, 7) is 3.06. The molecule has 1 aliphatic heterocycles. The predicted molar refractivity (Wildman–Crippen MR) is 107 cm³/mol. The molecule has 7 heteroatoms. The van der Waals surface area contributed by atoms with Crippen LogP contribution in [0.2, 0.25) is 10.0 Å². The Morgan fingerprint density at radius 1 is 1.12 bits per heavy atom. The fraction of sp³-hybridized carbons (Fsp3) is 0.316. The quantitative estimate of drug-likeness (QED) is 0.735. The van der Waals surface area contributed by atoms with Gasteiger partial charge in [0.25, 0.3) is 0 Å². The first-order chi connectivity index (χ1) is 12.5. The number of benzene rings is 2. The minimum atomic E-state index is -0.107. The van der Waals surface area contributed by atoms with Crippen molar-refractivity contribution in [3.8, 4) is 11.5 Å². The van der Waals surface area contributed by atoms with Gasteiger partial charge in [-0.3, -0.25) is 4.79 Å². The zero-order chi connectivity index (χ0) is 18.5. The van der Waals surface area contributed by atoms with Gasteiger partial charge in [-0.15, -0.1) is 11.8 Å². The fourth-order valence-corrected chi connectivity index (χ4v) is 3.69. The maximum absolute atomic E-state index is 12.2. The highest BCUT2D eigenvalue weighted by molar-refractivity contribution is 7.99. The van der Waals surface area contributed by atoms with Crippen molar-refractivity contribution >= 4 is 40.9 Å². The summed E-state index contributed by atoms with van der Waals surface area (Å²) in [6.07, 6.45) is 0. The van der Waals surface area contributed by atoms with Crippen molar-refractivity contribution in [2.45, 2.75) is 18.7 Å². The van der Waals surface area contributed by atoms with Gasteiger partial charge in [-0.05, 0) is 42.3 Å². The zero-order valence-corrected chi connectivity index (χ0v) is 16.6. The molecule has 0 radical (unpaired) electrons. The van der Waals surface area contributed by atoms with Gasteiger partial charge in [0.1, 0.15) is 13.2 Å². The van der Waals surface area contributed by atoms with Crippen molar-refractivity contribution in [3.05, 3.63) is 57.6 Å². The Hall–Kier alpha value is -1.56. The van der Waals surface area contributed by atoms with E-state index in [0.29, 0.717) is 34.8 Å². The van der Waals surface area contributed by atoms with Gasteiger partial charge in [-0.1, -0.05) is 35.3 Å². The zero-order valence-electron chi connectivity index (χ0n) is 14.3. The number of carbonyl (C=O) groups is 1. The molecule has 1 N–H and O–H groups in total. The monoisotopic (exact) mass is 411 g/mol. The molecule has 4 nitrogen and oxygen atoms in total. The van der Waals surface area contributed by atoms with Crippen LogP contribution in [0.25, 0.3) is 0 Å². The van der Waals surface area contributed by atoms with Crippen molar-refractivity contribution in [3.63, 3.8) is 0 Å². The molecule has 2 aromatic carbocycles. The first-order valence-electron chi connectivity index (χ1n) is 8.23. The van der Waals surface area contributed by atoms with E-state index in [9.17, 15) is 4.79 Å². The Morgan fingerprint density at radius 2 is 1.88 bits per heavy atom. The van der Waals surface area contributed by atoms with Crippen molar-refractivity contribution in [1.82, 2.24) is 5.32 Å². The lowest BCUT2D eigenvalue weighted by Gasteiger charge is -2.21. The highest BCUT2D eigenvalue weighted by atomic mass is 35.5. The molecule has 0 bridgehead atoms. The molecule has 2 aromatic rings. The van der Waals surface area contributed by atoms with Crippen LogP contribution in [0.15, 0.2) is 36.4 Å². The average molecular weight is 412 g/mol. The second-order valence-electron chi connectivity index (χ2n) is 5.93. The highest BCUT2D eigenvalue weighted by Crippen LogP contribution is 2.32. The molecular weight excluding hydrogens is 393 g/mol. The average Bonchev–Trinajstić information content (AvgIpc) is 2.64. The summed E-state index contributed by atoms with van der Waals surface area (Å²) in [5.41, 5.74) is 2.02. The Labute approximate surface area is 167 Å². The first kappa shape index (κ1) is 19.2. The molecule has 0 fully saturated rings. The Bertz CT molecular complexity index is 800. The van der Waals surface area contributed by atoms with Gasteiger partial charge in [0.05, 0.1) is 21.8 Å². The van der Waals surface area contributed by atoms with Gasteiger partial charge in [0.15, 0.2) is 11.5 Å². The molecular formula is C19H19Cl2NO3S. The van der Waals surface area contributed by atoms with E-state index >= 15 is 0 Å². The van der Waals surface area contributed by atoms with Crippen LogP contribution in [-0.4, -0.2) is 24.9 Å². The largest absolute Gasteiger partial charge is 0.486 e. The van der Waals surface area contributed by atoms with Crippen molar-refractivity contribution in [1.29, 1.82) is 0 Å². The maximum atomic E-state index is 12.2. The number of hydrogen-bond acceptors (Lipinski definition) is 4. The molecule has 0 spiro atoms. The molecule has 1 atom stereocenters. The highest BCUT2D eigenvalue weighted by Gasteiger charge is 2.15. The Balaban J connectivity index is 1.49. The van der Waals surface area contributed by atoms with Crippen LogP contribution < -0.4 is 14.8 Å². The van der Waals surface area contributed by atoms with E-state index in [1.165, 1.54) is 11.8 Å². The van der Waals surface area contributed by atoms with E-state index in [2.05, 4.69) is 5.32 Å². The standard InChI is InChI=1S/C19H19Cl2NO3S/c1-12(14-3-5-17-18(9-14)25-7-6-24-17)22-19(23)11-26-10-13-2-4-15(20)16(21)8-13/h2-5,8-9,12H,6-7,10-11H2,1H3,(H,22,23)/t12-/m0/s1. The summed E-state index contributed by atoms with van der Waals surface area (Å²) in [5.74, 6) is 2.52. The van der Waals surface area contributed by atoms with Gasteiger partial charge in [-0.2, -0.15) is 0 Å². The topological polar surface area (TPSA) is 47.6 Å². The molecule has 1 aliphatic rings. The summed E-state index contributed by atoms with van der Waals surface area (Å²) in [4.78, 5) is 12.2. The number of nitrogens with one attached hydrogen (secondary N) is 1. The number of ether oxygens (including phenoxy) is 2. The van der Waals surface area contributed by atoms with E-state index in [1.54, 1.807) is 6.07 Å². The smallest absolute Gasteiger partial charge is 0.230 e. The van der Waals surface area contributed by atoms with E-state index in [4.69, 9.17) is 32.7 Å². The van der Waals surface area contributed by atoms with Crippen LogP contribution in [0, 0.1) is 0 Å². The maximum Gasteiger partial charge on any atom is 0.230 e. The molecule has 26 heavy (non-hydrogen) atoms. The van der Waals surface area contributed by atoms with Gasteiger partial charge >= 0.3 is 0 Å². The molecule has 138 valence electrons. The van der Waals surface area contributed by atoms with Crippen LogP contribution in [0.5, 0.6) is 11.5 Å². The molecule has 0 saturated carbocycles. The molecule has 0 saturated heterocycles. The van der Waals surface area contributed by atoms with E-state index in [-0.39, 0.29) is 11.9 Å². The summed E-state index contributed by atoms with van der Waals surface area (Å²) >= 11 is 13.4. The van der Waals surface area contributed by atoms with Crippen molar-refractivity contribution < 1.29 is 14.3 Å². The number of fused-ring (bicyclic) bond motifs is 1. The summed E-state index contributed by atoms with van der Waals surface area (Å²) in [7, 11) is 0. The lowest BCUT2D eigenvalue weighted by Crippen LogP contribution is -2.28. The van der Waals surface area contributed by atoms with Crippen molar-refractivity contribution in [2.75, 3.05) is 19.0 Å². The lowest BCUT2D eigenvalue weighted by atomic mass is 10.1. The van der Waals surface area contributed by atoms with E-state index in [1.807, 2.05) is 37.3 Å². The SMILES string of the molecule is C[C@H](NC(=O)CSCc1ccc(Cl)c(Cl)c1)c1ccc2c(c1)OCCO2. The van der Waals surface area contributed by atoms with Gasteiger partial charge in [0, 0.05) is 5.75 Å². The first-order valence-corrected chi connectivity index (χ1v) is 10.1. The molecule has 0 aromatic heterocycles. The summed E-state index contributed by atoms with van der Waals surface area (Å²) in [6, 6.07) is 11.1. The third-order valence-electron chi connectivity index (χ3n) is 3.93. The summed E-state index contributed by atoms with van der Waals surface area (Å²) in [5, 5.41) is 4.07. The van der Waals surface area contributed by atoms with Gasteiger partial charge in [0.2, 0.25) is 5.91 Å². The third kappa shape index (κ3) is 5.00. The summed E-state index contributed by atoms with van der Waals surface area (Å²) < 4.78 is 11.1. The third-order valence-corrected chi connectivity index (χ3v) is 5.67. The second kappa shape index (κ2) is 8.89. The Kier molecular flexibility index (Phi) is 6.57. The molecule has 0 unspecified atom stereocenters. The van der Waals surface area contributed by atoms with Crippen LogP contribution >= 0.6 is 35.0 Å². The number of halogens is 2. The van der Waals surface area contributed by atoms with Crippen LogP contribution in [0.1, 0.15) is 24.1 Å². The minimum Gasteiger partial charge on any atom is -0.486 e. The van der Waals surface area contributed by atoms with Crippen LogP contribution in [0.4, 0.5) is 0 Å². The van der Waals surface area contributed by atoms with E-state index < -0.39 is 0 Å². The normalized spacial score (nSPS) is 14.0. The molecule has 1 heterocycles. The number of thioether (sulfide) groups is 1. The molecule has 0 aliphatic carbocycles. The number of carbonyl (C=O) groups excluding carboxylic acids is 1. The van der Waals surface area contributed by atoms with Crippen LogP contribution in [-0.2, 0) is 10.5 Å². The van der Waals surface area contributed by atoms with Crippen LogP contribution in [0.3, 0.4) is 0 Å². The van der Waals surface area contributed by atoms with Crippen molar-refractivity contribution in [2.24, 2.45) is 0 Å². The number of rotatable bonds is 6. The lowest BCUT2D eigenvalue weighted by molar-refractivity contribution is -0.119. The van der Waals surface area contributed by atoms with Gasteiger partial charge < -0.3 is 14.8 Å². The predicted octanol–water partition coefficient (Wildman–Crippen LogP) is 4.88. The molecule has 1 amide bonds. The van der Waals surface area contributed by atoms with E-state index in [0.717, 1.165) is 22.6 Å². The number of hydrogen-bond donors (Lipinski definition) is 1. The Morgan fingerprint density at radius 3 is 2.65 bits per heavy atom. The molecule has 3 rings (SSSR count). The van der Waals surface area contributed by atoms with Gasteiger partial charge in [-0.25, -0.2) is 0 Å². The minimum absolute atomic E-state index is 0.0163.